The number of halogens is 3. The Labute approximate surface area is 233 Å². The van der Waals surface area contributed by atoms with Gasteiger partial charge in [0.25, 0.3) is 5.91 Å². The summed E-state index contributed by atoms with van der Waals surface area (Å²) in [4.78, 5) is 31.5. The van der Waals surface area contributed by atoms with E-state index in [-0.39, 0.29) is 23.8 Å². The molecule has 4 aromatic rings. The van der Waals surface area contributed by atoms with Crippen molar-refractivity contribution in [3.05, 3.63) is 77.6 Å². The van der Waals surface area contributed by atoms with Gasteiger partial charge < -0.3 is 15.4 Å². The number of amides is 1. The van der Waals surface area contributed by atoms with Crippen molar-refractivity contribution in [2.24, 2.45) is 17.6 Å². The summed E-state index contributed by atoms with van der Waals surface area (Å²) in [5, 5.41) is 4.39. The van der Waals surface area contributed by atoms with Gasteiger partial charge in [-0.15, -0.1) is 0 Å². The van der Waals surface area contributed by atoms with Crippen LogP contribution >= 0.6 is 0 Å². The molecule has 1 amide bonds. The van der Waals surface area contributed by atoms with Gasteiger partial charge in [0.1, 0.15) is 11.8 Å². The Balaban J connectivity index is 1.16. The second kappa shape index (κ2) is 9.61. The highest BCUT2D eigenvalue weighted by Crippen LogP contribution is 2.48. The Kier molecular flexibility index (Phi) is 6.29. The van der Waals surface area contributed by atoms with Crippen molar-refractivity contribution in [1.29, 1.82) is 0 Å². The van der Waals surface area contributed by atoms with Crippen molar-refractivity contribution in [2.75, 3.05) is 13.1 Å². The zero-order chi connectivity index (χ0) is 29.1. The Morgan fingerprint density at radius 3 is 2.39 bits per heavy atom. The van der Waals surface area contributed by atoms with Gasteiger partial charge in [0.2, 0.25) is 11.8 Å². The monoisotopic (exact) mass is 564 g/mol. The lowest BCUT2D eigenvalue weighted by Crippen LogP contribution is -2.33. The predicted molar refractivity (Wildman–Crippen MR) is 141 cm³/mol. The molecule has 4 aromatic heterocycles. The first-order valence-electron chi connectivity index (χ1n) is 13.0. The van der Waals surface area contributed by atoms with Gasteiger partial charge in [-0.1, -0.05) is 0 Å². The molecule has 212 valence electrons. The van der Waals surface area contributed by atoms with Gasteiger partial charge in [-0.05, 0) is 50.6 Å². The average molecular weight is 565 g/mol. The van der Waals surface area contributed by atoms with E-state index in [1.165, 1.54) is 10.7 Å². The summed E-state index contributed by atoms with van der Waals surface area (Å²) in [6.45, 7) is 6.47. The molecule has 2 aliphatic rings. The van der Waals surface area contributed by atoms with E-state index in [1.54, 1.807) is 48.6 Å². The van der Waals surface area contributed by atoms with Crippen LogP contribution in [-0.4, -0.2) is 59.7 Å². The summed E-state index contributed by atoms with van der Waals surface area (Å²) in [5.41, 5.74) is 7.25. The van der Waals surface area contributed by atoms with Gasteiger partial charge in [-0.25, -0.2) is 19.6 Å². The van der Waals surface area contributed by atoms with Crippen LogP contribution in [0.15, 0.2) is 55.1 Å². The fraction of sp³-hybridized carbons (Fsp3) is 0.357. The lowest BCUT2D eigenvalue weighted by atomic mass is 9.95. The molecule has 13 heteroatoms. The number of ether oxygens (including phenoxy) is 1. The van der Waals surface area contributed by atoms with E-state index < -0.39 is 17.4 Å². The Morgan fingerprint density at radius 2 is 1.78 bits per heavy atom. The highest BCUT2D eigenvalue weighted by Gasteiger charge is 2.59. The maximum atomic E-state index is 13.3. The van der Waals surface area contributed by atoms with E-state index in [4.69, 9.17) is 10.5 Å². The van der Waals surface area contributed by atoms with E-state index in [1.807, 2.05) is 13.8 Å². The second-order valence-electron chi connectivity index (χ2n) is 11.0. The topological polar surface area (TPSA) is 125 Å². The number of aryl methyl sites for hydroxylation is 1. The molecule has 41 heavy (non-hydrogen) atoms. The molecule has 3 atom stereocenters. The fourth-order valence-electron chi connectivity index (χ4n) is 5.10. The van der Waals surface area contributed by atoms with Crippen molar-refractivity contribution in [1.82, 2.24) is 34.6 Å². The maximum Gasteiger partial charge on any atom is 0.433 e. The van der Waals surface area contributed by atoms with E-state index in [2.05, 4.69) is 25.0 Å². The van der Waals surface area contributed by atoms with Gasteiger partial charge in [-0.3, -0.25) is 9.78 Å². The highest BCUT2D eigenvalue weighted by molar-refractivity contribution is 5.95. The number of rotatable bonds is 6. The molecule has 1 saturated carbocycles. The summed E-state index contributed by atoms with van der Waals surface area (Å²) in [5.74, 6) is 0.874. The van der Waals surface area contributed by atoms with Crippen molar-refractivity contribution in [2.45, 2.75) is 38.6 Å². The molecule has 5 heterocycles. The highest BCUT2D eigenvalue weighted by atomic mass is 19.4. The van der Waals surface area contributed by atoms with Crippen LogP contribution in [0.5, 0.6) is 5.88 Å². The molecular formula is C28H27F3N8O2. The van der Waals surface area contributed by atoms with Crippen molar-refractivity contribution >= 4 is 5.91 Å². The molecular weight excluding hydrogens is 537 g/mol. The van der Waals surface area contributed by atoms with Crippen LogP contribution in [0.4, 0.5) is 13.2 Å². The lowest BCUT2D eigenvalue weighted by Gasteiger charge is -2.22. The third kappa shape index (κ3) is 5.24. The predicted octanol–water partition coefficient (Wildman–Crippen LogP) is 3.79. The first-order chi connectivity index (χ1) is 19.4. The number of carbonyl (C=O) groups excluding carboxylic acids is 1. The van der Waals surface area contributed by atoms with E-state index >= 15 is 0 Å². The molecule has 0 bridgehead atoms. The summed E-state index contributed by atoms with van der Waals surface area (Å²) in [7, 11) is 0. The van der Waals surface area contributed by atoms with Crippen molar-refractivity contribution in [3.8, 4) is 23.1 Å². The number of fused-ring (bicyclic) bond motifs is 1. The van der Waals surface area contributed by atoms with Crippen LogP contribution in [0.25, 0.3) is 17.2 Å². The van der Waals surface area contributed by atoms with Crippen LogP contribution in [0.3, 0.4) is 0 Å². The molecule has 0 radical (unpaired) electrons. The molecule has 10 nitrogen and oxygen atoms in total. The summed E-state index contributed by atoms with van der Waals surface area (Å²) >= 11 is 0. The van der Waals surface area contributed by atoms with Crippen LogP contribution in [-0.2, 0) is 11.7 Å². The van der Waals surface area contributed by atoms with Crippen LogP contribution in [0, 0.1) is 18.8 Å². The first-order valence-corrected chi connectivity index (χ1v) is 13.0. The number of piperidine rings is 1. The van der Waals surface area contributed by atoms with Gasteiger partial charge in [0, 0.05) is 66.9 Å². The van der Waals surface area contributed by atoms with Crippen LogP contribution < -0.4 is 10.5 Å². The smallest absolute Gasteiger partial charge is 0.433 e. The molecule has 0 spiro atoms. The largest absolute Gasteiger partial charge is 0.474 e. The Bertz CT molecular complexity index is 1590. The minimum Gasteiger partial charge on any atom is -0.474 e. The van der Waals surface area contributed by atoms with E-state index in [9.17, 15) is 18.0 Å². The van der Waals surface area contributed by atoms with Crippen LogP contribution in [0.2, 0.25) is 0 Å². The SMILES string of the molecule is Cc1nn(-c2ncccn2)cc1C(=O)N1C[C@@H]2C(Oc3cc(C(C)(C)N)cc(-c4ccc(C(F)(F)F)nc4)n3)[C@@H]2C1. The molecule has 0 aromatic carbocycles. The molecule has 1 aliphatic carbocycles. The van der Waals surface area contributed by atoms with Crippen LogP contribution in [0.1, 0.15) is 41.2 Å². The van der Waals surface area contributed by atoms with Gasteiger partial charge in [-0.2, -0.15) is 18.3 Å². The zero-order valence-electron chi connectivity index (χ0n) is 22.5. The molecule has 2 N–H and O–H groups in total. The Hall–Kier alpha value is -4.39. The minimum atomic E-state index is -4.53. The van der Waals surface area contributed by atoms with Gasteiger partial charge in [0.05, 0.1) is 17.0 Å². The minimum absolute atomic E-state index is 0.113. The quantitative estimate of drug-likeness (QED) is 0.375. The number of nitrogens with two attached hydrogens (primary N) is 1. The molecule has 2 fully saturated rings. The van der Waals surface area contributed by atoms with Gasteiger partial charge in [0.15, 0.2) is 0 Å². The molecule has 1 aliphatic heterocycles. The third-order valence-corrected chi connectivity index (χ3v) is 7.44. The standard InChI is InChI=1S/C28H27F3N8O2/c1-15-18(14-39(37-15)26-33-7-4-8-34-26)25(40)38-12-19-20(13-38)24(19)41-23-10-17(27(2,3)32)9-21(36-23)16-5-6-22(35-11-16)28(29,30)31/h4-11,14,19-20,24H,12-13,32H2,1-3H3/t19-,20+,24?. The number of nitrogens with zero attached hydrogens (tertiary/aromatic N) is 7. The molecule has 1 unspecified atom stereocenters. The van der Waals surface area contributed by atoms with E-state index in [0.29, 0.717) is 47.4 Å². The van der Waals surface area contributed by atoms with Gasteiger partial charge >= 0.3 is 6.18 Å². The van der Waals surface area contributed by atoms with E-state index in [0.717, 1.165) is 17.8 Å². The number of alkyl halides is 3. The number of carbonyl (C=O) groups is 1. The fourth-order valence-corrected chi connectivity index (χ4v) is 5.10. The lowest BCUT2D eigenvalue weighted by molar-refractivity contribution is -0.141. The zero-order valence-corrected chi connectivity index (χ0v) is 22.5. The second-order valence-corrected chi connectivity index (χ2v) is 11.0. The Morgan fingerprint density at radius 1 is 1.07 bits per heavy atom. The summed E-state index contributed by atoms with van der Waals surface area (Å²) in [6.07, 6.45) is 1.34. The number of likely N-dealkylation sites (tertiary alicyclic amines) is 1. The summed E-state index contributed by atoms with van der Waals surface area (Å²) in [6, 6.07) is 7.44. The third-order valence-electron chi connectivity index (χ3n) is 7.44. The summed E-state index contributed by atoms with van der Waals surface area (Å²) < 4.78 is 46.7. The normalized spacial score (nSPS) is 20.2. The molecule has 1 saturated heterocycles. The number of hydrogen-bond donors (Lipinski definition) is 1. The maximum absolute atomic E-state index is 13.3. The molecule has 6 rings (SSSR count). The van der Waals surface area contributed by atoms with Crippen molar-refractivity contribution < 1.29 is 22.7 Å². The number of pyridine rings is 2. The number of aromatic nitrogens is 6. The van der Waals surface area contributed by atoms with Crippen molar-refractivity contribution in [3.63, 3.8) is 0 Å². The first kappa shape index (κ1) is 26.8. The average Bonchev–Trinajstić information content (AvgIpc) is 3.25. The number of hydrogen-bond acceptors (Lipinski definition) is 8.